The predicted octanol–water partition coefficient (Wildman–Crippen LogP) is 1.30. The molecule has 138 valence electrons. The highest BCUT2D eigenvalue weighted by molar-refractivity contribution is 7.85. The van der Waals surface area contributed by atoms with Gasteiger partial charge in [0.15, 0.2) is 0 Å². The summed E-state index contributed by atoms with van der Waals surface area (Å²) in [5.74, 6) is -0.918. The van der Waals surface area contributed by atoms with E-state index >= 15 is 0 Å². The number of halogens is 1. The number of benzene rings is 1. The molecule has 1 aliphatic heterocycles. The normalized spacial score (nSPS) is 23.1. The summed E-state index contributed by atoms with van der Waals surface area (Å²) in [6.45, 7) is 0.748. The van der Waals surface area contributed by atoms with E-state index in [1.807, 2.05) is 22.9 Å². The van der Waals surface area contributed by atoms with Gasteiger partial charge in [0.2, 0.25) is 5.79 Å². The van der Waals surface area contributed by atoms with Gasteiger partial charge in [-0.3, -0.25) is 4.55 Å². The van der Waals surface area contributed by atoms with Gasteiger partial charge in [0.25, 0.3) is 10.1 Å². The largest absolute Gasteiger partial charge is 0.394 e. The van der Waals surface area contributed by atoms with Crippen LogP contribution in [0, 0.1) is 0 Å². The molecule has 25 heavy (non-hydrogen) atoms. The number of ether oxygens (including phenoxy) is 2. The Morgan fingerprint density at radius 2 is 2.04 bits per heavy atom. The van der Waals surface area contributed by atoms with E-state index in [4.69, 9.17) is 25.6 Å². The zero-order valence-electron chi connectivity index (χ0n) is 13.4. The molecule has 0 saturated carbocycles. The van der Waals surface area contributed by atoms with E-state index < -0.39 is 15.9 Å². The van der Waals surface area contributed by atoms with E-state index in [0.717, 1.165) is 5.56 Å². The van der Waals surface area contributed by atoms with E-state index in [1.54, 1.807) is 24.7 Å². The molecule has 0 spiro atoms. The average Bonchev–Trinajstić information content (AvgIpc) is 3.17. The maximum absolute atomic E-state index is 9.27. The minimum Gasteiger partial charge on any atom is -0.394 e. The van der Waals surface area contributed by atoms with Crippen molar-refractivity contribution >= 4 is 21.7 Å². The third kappa shape index (κ3) is 6.07. The summed E-state index contributed by atoms with van der Waals surface area (Å²) < 4.78 is 39.6. The molecule has 0 radical (unpaired) electrons. The fraction of sp³-hybridized carbons (Fsp3) is 0.400. The van der Waals surface area contributed by atoms with Crippen molar-refractivity contribution in [3.63, 3.8) is 0 Å². The lowest BCUT2D eigenvalue weighted by molar-refractivity contribution is -0.190. The smallest absolute Gasteiger partial charge is 0.261 e. The minimum atomic E-state index is -3.67. The van der Waals surface area contributed by atoms with Gasteiger partial charge in [0, 0.05) is 23.0 Å². The maximum Gasteiger partial charge on any atom is 0.261 e. The van der Waals surface area contributed by atoms with Gasteiger partial charge in [-0.2, -0.15) is 8.42 Å². The lowest BCUT2D eigenvalue weighted by atomic mass is 10.1. The number of aromatic nitrogens is 2. The Morgan fingerprint density at radius 1 is 1.40 bits per heavy atom. The van der Waals surface area contributed by atoms with Crippen molar-refractivity contribution in [2.75, 3.05) is 19.5 Å². The van der Waals surface area contributed by atoms with Crippen molar-refractivity contribution < 1.29 is 27.6 Å². The highest BCUT2D eigenvalue weighted by atomic mass is 35.5. The molecule has 3 rings (SSSR count). The maximum atomic E-state index is 9.27. The van der Waals surface area contributed by atoms with E-state index in [1.165, 1.54) is 0 Å². The van der Waals surface area contributed by atoms with Crippen LogP contribution in [0.5, 0.6) is 0 Å². The van der Waals surface area contributed by atoms with E-state index in [-0.39, 0.29) is 12.7 Å². The summed E-state index contributed by atoms with van der Waals surface area (Å²) in [5, 5.41) is 9.93. The molecule has 2 unspecified atom stereocenters. The molecule has 0 aliphatic carbocycles. The average molecular weight is 391 g/mol. The summed E-state index contributed by atoms with van der Waals surface area (Å²) in [4.78, 5) is 4.02. The van der Waals surface area contributed by atoms with Crippen LogP contribution in [0.1, 0.15) is 5.56 Å². The van der Waals surface area contributed by atoms with Gasteiger partial charge in [0.1, 0.15) is 6.10 Å². The SMILES string of the molecule is CS(=O)(=O)O.OCC1COC(Cn2ccnc2)(c2ccc(Cl)cc2)O1. The summed E-state index contributed by atoms with van der Waals surface area (Å²) in [5.41, 5.74) is 0.867. The second-order valence-corrected chi connectivity index (χ2v) is 7.36. The summed E-state index contributed by atoms with van der Waals surface area (Å²) >= 11 is 5.93. The fourth-order valence-corrected chi connectivity index (χ4v) is 2.43. The first-order valence-corrected chi connectivity index (χ1v) is 9.51. The van der Waals surface area contributed by atoms with Gasteiger partial charge in [-0.25, -0.2) is 4.98 Å². The van der Waals surface area contributed by atoms with Crippen LogP contribution in [-0.4, -0.2) is 53.2 Å². The zero-order chi connectivity index (χ0) is 18.5. The highest BCUT2D eigenvalue weighted by Crippen LogP contribution is 2.36. The molecule has 1 saturated heterocycles. The first-order valence-electron chi connectivity index (χ1n) is 7.29. The van der Waals surface area contributed by atoms with Gasteiger partial charge in [-0.1, -0.05) is 23.7 Å². The lowest BCUT2D eigenvalue weighted by Crippen LogP contribution is -2.33. The summed E-state index contributed by atoms with van der Waals surface area (Å²) in [7, 11) is -3.67. The number of aliphatic hydroxyl groups is 1. The molecule has 1 aromatic heterocycles. The zero-order valence-corrected chi connectivity index (χ0v) is 15.0. The number of hydrogen-bond acceptors (Lipinski definition) is 6. The number of imidazole rings is 1. The summed E-state index contributed by atoms with van der Waals surface area (Å²) in [6, 6.07) is 7.34. The molecule has 2 heterocycles. The van der Waals surface area contributed by atoms with Gasteiger partial charge in [-0.05, 0) is 12.1 Å². The van der Waals surface area contributed by atoms with Crippen molar-refractivity contribution in [2.24, 2.45) is 0 Å². The molecule has 2 aromatic rings. The molecular weight excluding hydrogens is 372 g/mol. The Kier molecular flexibility index (Phi) is 6.55. The van der Waals surface area contributed by atoms with E-state index in [9.17, 15) is 13.5 Å². The van der Waals surface area contributed by atoms with Crippen molar-refractivity contribution in [3.8, 4) is 0 Å². The van der Waals surface area contributed by atoms with Gasteiger partial charge in [0.05, 0.1) is 32.3 Å². The molecule has 1 aromatic carbocycles. The van der Waals surface area contributed by atoms with Gasteiger partial charge in [-0.15, -0.1) is 0 Å². The van der Waals surface area contributed by atoms with Crippen molar-refractivity contribution in [2.45, 2.75) is 18.4 Å². The number of nitrogens with zero attached hydrogens (tertiary/aromatic N) is 2. The van der Waals surface area contributed by atoms with Crippen LogP contribution >= 0.6 is 11.6 Å². The number of hydrogen-bond donors (Lipinski definition) is 2. The molecular formula is C15H19ClN2O6S. The van der Waals surface area contributed by atoms with Crippen LogP contribution in [0.3, 0.4) is 0 Å². The minimum absolute atomic E-state index is 0.0702. The molecule has 0 amide bonds. The summed E-state index contributed by atoms with van der Waals surface area (Å²) in [6.07, 6.45) is 5.64. The van der Waals surface area contributed by atoms with Crippen LogP contribution < -0.4 is 0 Å². The van der Waals surface area contributed by atoms with E-state index in [2.05, 4.69) is 4.98 Å². The van der Waals surface area contributed by atoms with Crippen LogP contribution in [0.4, 0.5) is 0 Å². The monoisotopic (exact) mass is 390 g/mol. The standard InChI is InChI=1S/C14H15ClN2O3.CH4O3S/c15-12-3-1-11(2-4-12)14(9-17-6-5-16-10-17)19-8-13(7-18)20-14;1-5(2,3)4/h1-6,10,13,18H,7-9H2;1H3,(H,2,3,4). The van der Waals surface area contributed by atoms with Crippen LogP contribution in [0.25, 0.3) is 0 Å². The first-order chi connectivity index (χ1) is 11.7. The highest BCUT2D eigenvalue weighted by Gasteiger charge is 2.43. The Morgan fingerprint density at radius 3 is 2.52 bits per heavy atom. The van der Waals surface area contributed by atoms with Crippen molar-refractivity contribution in [1.29, 1.82) is 0 Å². The Balaban J connectivity index is 0.000000399. The third-order valence-electron chi connectivity index (χ3n) is 3.30. The Bertz CT molecular complexity index is 758. The van der Waals surface area contributed by atoms with Gasteiger partial charge >= 0.3 is 0 Å². The first kappa shape index (κ1) is 19.8. The predicted molar refractivity (Wildman–Crippen MR) is 90.7 cm³/mol. The van der Waals surface area contributed by atoms with Gasteiger partial charge < -0.3 is 19.1 Å². The molecule has 1 fully saturated rings. The Labute approximate surface area is 150 Å². The molecule has 2 N–H and O–H groups in total. The molecule has 10 heteroatoms. The van der Waals surface area contributed by atoms with E-state index in [0.29, 0.717) is 24.4 Å². The topological polar surface area (TPSA) is 111 Å². The second kappa shape index (κ2) is 8.26. The van der Waals surface area contributed by atoms with Crippen LogP contribution in [0.15, 0.2) is 43.0 Å². The molecule has 0 bridgehead atoms. The Hall–Kier alpha value is -1.49. The second-order valence-electron chi connectivity index (χ2n) is 5.46. The number of aliphatic hydroxyl groups excluding tert-OH is 1. The van der Waals surface area contributed by atoms with Crippen molar-refractivity contribution in [1.82, 2.24) is 9.55 Å². The molecule has 8 nitrogen and oxygen atoms in total. The fourth-order valence-electron chi connectivity index (χ4n) is 2.30. The van der Waals surface area contributed by atoms with Crippen LogP contribution in [0.2, 0.25) is 5.02 Å². The molecule has 2 atom stereocenters. The van der Waals surface area contributed by atoms with Crippen LogP contribution in [-0.2, 0) is 31.9 Å². The molecule has 1 aliphatic rings. The quantitative estimate of drug-likeness (QED) is 0.757. The van der Waals surface area contributed by atoms with Crippen molar-refractivity contribution in [3.05, 3.63) is 53.6 Å². The third-order valence-corrected chi connectivity index (χ3v) is 3.55. The lowest BCUT2D eigenvalue weighted by Gasteiger charge is -2.29. The number of rotatable bonds is 4.